The molecule has 3 nitrogen and oxygen atoms in total. The summed E-state index contributed by atoms with van der Waals surface area (Å²) in [4.78, 5) is 0. The van der Waals surface area contributed by atoms with E-state index in [1.165, 1.54) is 0 Å². The third-order valence-corrected chi connectivity index (χ3v) is 1.47. The maximum atomic E-state index is 8.50. The first-order chi connectivity index (χ1) is 7.35. The normalized spacial score (nSPS) is 7.06. The zero-order valence-electron chi connectivity index (χ0n) is 8.52. The van der Waals surface area contributed by atoms with Gasteiger partial charge in [-0.15, -0.1) is 5.56 Å². The third-order valence-electron chi connectivity index (χ3n) is 1.47. The van der Waals surface area contributed by atoms with Crippen LogP contribution in [0.5, 0.6) is 0 Å². The molecule has 16 heavy (non-hydrogen) atoms. The number of hydrogen-bond donors (Lipinski definition) is 1. The molecule has 0 radical (unpaired) electrons. The first kappa shape index (κ1) is 17.9. The molecule has 0 aliphatic carbocycles. The molecule has 0 aliphatic heterocycles. The van der Waals surface area contributed by atoms with Crippen LogP contribution in [0, 0.1) is 0 Å². The maximum absolute atomic E-state index is 8.50. The van der Waals surface area contributed by atoms with Gasteiger partial charge in [0, 0.05) is 23.7 Å². The van der Waals surface area contributed by atoms with Crippen LogP contribution >= 0.6 is 0 Å². The Kier molecular flexibility index (Phi) is 16.2. The van der Waals surface area contributed by atoms with Crippen molar-refractivity contribution in [1.29, 1.82) is 0 Å². The van der Waals surface area contributed by atoms with Crippen molar-refractivity contribution in [2.75, 3.05) is 0 Å². The Morgan fingerprint density at radius 2 is 1.31 bits per heavy atom. The van der Waals surface area contributed by atoms with Gasteiger partial charge in [0.2, 0.25) is 0 Å². The maximum Gasteiger partial charge on any atom is -0.748 e. The second kappa shape index (κ2) is 14.5. The molecule has 92 valence electrons. The summed E-state index contributed by atoms with van der Waals surface area (Å²) in [7, 11) is 0. The first-order valence-corrected chi connectivity index (χ1v) is 5.60. The monoisotopic (exact) mass is 296 g/mol. The number of aliphatic hydroxyl groups excluding tert-OH is 1. The molecule has 0 aliphatic rings. The van der Waals surface area contributed by atoms with Crippen LogP contribution in [0.1, 0.15) is 5.56 Å². The summed E-state index contributed by atoms with van der Waals surface area (Å²) < 4.78 is 17.0. The molecule has 0 heterocycles. The summed E-state index contributed by atoms with van der Waals surface area (Å²) in [6.45, 7) is 0.160. The second-order valence-corrected chi connectivity index (χ2v) is 2.76. The van der Waals surface area contributed by atoms with E-state index in [2.05, 4.69) is 0 Å². The minimum atomic E-state index is -2.00. The van der Waals surface area contributed by atoms with Gasteiger partial charge in [-0.3, -0.25) is 0 Å². The smallest absolute Gasteiger partial charge is 0.748 e. The number of hydrogen-bond acceptors (Lipinski definition) is 3. The van der Waals surface area contributed by atoms with Crippen LogP contribution in [0.2, 0.25) is 0 Å². The number of aliphatic hydroxyl groups is 1. The molecule has 0 atom stereocenters. The van der Waals surface area contributed by atoms with Crippen LogP contribution < -0.4 is 0 Å². The quantitative estimate of drug-likeness (QED) is 0.647. The minimum Gasteiger partial charge on any atom is -0.748 e. The molecular formula is C11H12FeO3Ti-6. The first-order valence-electron chi connectivity index (χ1n) is 4.32. The molecule has 5 heteroatoms. The molecule has 0 amide bonds. The van der Waals surface area contributed by atoms with E-state index in [-0.39, 0.29) is 23.7 Å². The van der Waals surface area contributed by atoms with Crippen LogP contribution in [0.3, 0.4) is 0 Å². The van der Waals surface area contributed by atoms with Crippen molar-refractivity contribution in [2.24, 2.45) is 0 Å². The summed E-state index contributed by atoms with van der Waals surface area (Å²) in [6.07, 6.45) is 0. The van der Waals surface area contributed by atoms with Crippen LogP contribution in [0.4, 0.5) is 0 Å². The van der Waals surface area contributed by atoms with Gasteiger partial charge in [-0.2, -0.15) is 12.1 Å². The van der Waals surface area contributed by atoms with E-state index in [9.17, 15) is 0 Å². The third kappa shape index (κ3) is 11.6. The Labute approximate surface area is 114 Å². The van der Waals surface area contributed by atoms with E-state index >= 15 is 0 Å². The summed E-state index contributed by atoms with van der Waals surface area (Å²) in [6, 6.07) is 17.6. The molecule has 0 saturated carbocycles. The van der Waals surface area contributed by atoms with Gasteiger partial charge in [0.1, 0.15) is 0 Å². The topological polar surface area (TPSA) is 54.4 Å². The van der Waals surface area contributed by atoms with Gasteiger partial charge < -0.3 is 35.4 Å². The molecular weight excluding hydrogens is 284 g/mol. The van der Waals surface area contributed by atoms with Crippen LogP contribution in [-0.2, 0) is 49.4 Å². The standard InChI is InChI=1S/C6H7O.C5H5.Fe.2O.Ti/c7-5-6-3-1-2-4-6;1-2-4-5-3-1;;;;/h1-4,7H,5H2;1-5H;;;;/q-1;-5;;;;. The molecule has 2 aromatic rings. The van der Waals surface area contributed by atoms with Crippen molar-refractivity contribution in [3.8, 4) is 0 Å². The summed E-state index contributed by atoms with van der Waals surface area (Å²) in [5.74, 6) is 0. The predicted molar refractivity (Wildman–Crippen MR) is 51.4 cm³/mol. The van der Waals surface area contributed by atoms with Crippen LogP contribution in [-0.4, -0.2) is 5.11 Å². The molecule has 1 N–H and O–H groups in total. The predicted octanol–water partition coefficient (Wildman–Crippen LogP) is 2.06. The molecule has 0 unspecified atom stereocenters. The minimum absolute atomic E-state index is 0. The van der Waals surface area contributed by atoms with E-state index in [0.717, 1.165) is 5.56 Å². The van der Waals surface area contributed by atoms with Gasteiger partial charge in [0.25, 0.3) is 0 Å². The fourth-order valence-electron chi connectivity index (χ4n) is 0.840. The van der Waals surface area contributed by atoms with Crippen molar-refractivity contribution >= 4 is 0 Å². The van der Waals surface area contributed by atoms with Crippen molar-refractivity contribution in [3.05, 3.63) is 60.2 Å². The Balaban J connectivity index is 0. The Morgan fingerprint density at radius 3 is 1.50 bits per heavy atom. The molecule has 2 rings (SSSR count). The van der Waals surface area contributed by atoms with Crippen molar-refractivity contribution < 1.29 is 47.9 Å². The fraction of sp³-hybridized carbons (Fsp3) is 0.0909. The van der Waals surface area contributed by atoms with E-state index in [1.807, 2.05) is 54.6 Å². The Bertz CT molecular complexity index is 320. The largest absolute Gasteiger partial charge is 0.748 e. The average Bonchev–Trinajstić information content (AvgIpc) is 2.96. The van der Waals surface area contributed by atoms with Crippen LogP contribution in [0.15, 0.2) is 54.6 Å². The summed E-state index contributed by atoms with van der Waals surface area (Å²) in [5.41, 5.74) is 0.986. The summed E-state index contributed by atoms with van der Waals surface area (Å²) >= 11 is -2.00. The van der Waals surface area contributed by atoms with Gasteiger partial charge in [-0.1, -0.05) is 0 Å². The van der Waals surface area contributed by atoms with Gasteiger partial charge in [-0.25, -0.2) is 12.1 Å². The molecule has 2 aromatic carbocycles. The molecule has 0 saturated heterocycles. The van der Waals surface area contributed by atoms with Gasteiger partial charge >= 0.3 is 25.7 Å². The van der Waals surface area contributed by atoms with E-state index in [4.69, 9.17) is 11.8 Å². The summed E-state index contributed by atoms with van der Waals surface area (Å²) in [5, 5.41) is 8.43. The van der Waals surface area contributed by atoms with E-state index < -0.39 is 19.1 Å². The fourth-order valence-corrected chi connectivity index (χ4v) is 0.840. The molecule has 0 aromatic heterocycles. The van der Waals surface area contributed by atoms with Crippen LogP contribution in [0.25, 0.3) is 0 Å². The van der Waals surface area contributed by atoms with Gasteiger partial charge in [-0.05, 0) is 0 Å². The molecule has 0 bridgehead atoms. The Hall–Kier alpha value is -0.506. The SMILES string of the molecule is OC[c-]1cccc1.[Fe].[O]=[Ti]=[O].[cH-]1[cH-][cH-][cH-][cH-]1. The van der Waals surface area contributed by atoms with Crippen molar-refractivity contribution in [1.82, 2.24) is 0 Å². The Morgan fingerprint density at radius 1 is 1.00 bits per heavy atom. The van der Waals surface area contributed by atoms with Gasteiger partial charge in [0.15, 0.2) is 0 Å². The van der Waals surface area contributed by atoms with Gasteiger partial charge in [0.05, 0.1) is 0 Å². The van der Waals surface area contributed by atoms with E-state index in [0.29, 0.717) is 0 Å². The molecule has 0 spiro atoms. The van der Waals surface area contributed by atoms with Crippen molar-refractivity contribution in [3.63, 3.8) is 0 Å². The van der Waals surface area contributed by atoms with E-state index in [1.54, 1.807) is 0 Å². The average molecular weight is 296 g/mol. The second-order valence-electron chi connectivity index (χ2n) is 2.50. The number of rotatable bonds is 1. The van der Waals surface area contributed by atoms with Crippen molar-refractivity contribution in [2.45, 2.75) is 6.61 Å². The zero-order chi connectivity index (χ0) is 11.4. The zero-order valence-corrected chi connectivity index (χ0v) is 11.2. The molecule has 0 fully saturated rings.